The van der Waals surface area contributed by atoms with Crippen molar-refractivity contribution in [3.63, 3.8) is 0 Å². The Labute approximate surface area is 46.0 Å². The van der Waals surface area contributed by atoms with Crippen molar-refractivity contribution in [3.8, 4) is 0 Å². The highest BCUT2D eigenvalue weighted by atomic mass is 31.2. The average Bonchev–Trinajstić information content (AvgIpc) is 1.65. The van der Waals surface area contributed by atoms with E-state index >= 15 is 0 Å². The molecule has 0 aromatic carbocycles. The maximum atomic E-state index is 12.0. The van der Waals surface area contributed by atoms with Crippen molar-refractivity contribution in [1.82, 2.24) is 4.67 Å². The van der Waals surface area contributed by atoms with Gasteiger partial charge in [0, 0.05) is 0 Å². The summed E-state index contributed by atoms with van der Waals surface area (Å²) in [5, 5.41) is 0. The van der Waals surface area contributed by atoms with Crippen LogP contribution in [-0.4, -0.2) is 18.8 Å². The molecule has 2 nitrogen and oxygen atoms in total. The first-order valence-corrected chi connectivity index (χ1v) is 3.27. The molecule has 0 spiro atoms. The standard InChI is InChI=1S/C2H7FN2P2/c1-5(2)7(3)4-6/h6H,1-2H3. The summed E-state index contributed by atoms with van der Waals surface area (Å²) in [5.41, 5.74) is 0. The fourth-order valence-electron chi connectivity index (χ4n) is 0.0894. The SMILES string of the molecule is CN(C)P(F)N=P. The van der Waals surface area contributed by atoms with Gasteiger partial charge >= 0.3 is 0 Å². The van der Waals surface area contributed by atoms with Gasteiger partial charge in [0.1, 0.15) is 0 Å². The minimum Gasteiger partial charge on any atom is -0.243 e. The van der Waals surface area contributed by atoms with Crippen LogP contribution in [0.1, 0.15) is 0 Å². The van der Waals surface area contributed by atoms with Crippen molar-refractivity contribution >= 4 is 17.6 Å². The molecule has 0 aromatic heterocycles. The fourth-order valence-corrected chi connectivity index (χ4v) is 0.805. The molecule has 0 amide bonds. The van der Waals surface area contributed by atoms with E-state index in [1.54, 1.807) is 14.1 Å². The van der Waals surface area contributed by atoms with E-state index in [4.69, 9.17) is 0 Å². The summed E-state index contributed by atoms with van der Waals surface area (Å²) in [7, 11) is 4.20. The van der Waals surface area contributed by atoms with Crippen LogP contribution in [0.4, 0.5) is 4.20 Å². The van der Waals surface area contributed by atoms with Gasteiger partial charge in [0.15, 0.2) is 0 Å². The maximum Gasteiger partial charge on any atom is 0.287 e. The topological polar surface area (TPSA) is 15.6 Å². The van der Waals surface area contributed by atoms with Crippen LogP contribution in [-0.2, 0) is 0 Å². The van der Waals surface area contributed by atoms with E-state index in [-0.39, 0.29) is 0 Å². The van der Waals surface area contributed by atoms with Crippen LogP contribution in [0, 0.1) is 0 Å². The van der Waals surface area contributed by atoms with Gasteiger partial charge in [0.05, 0.1) is 0 Å². The number of hydrogen-bond donors (Lipinski definition) is 0. The third kappa shape index (κ3) is 3.04. The number of hydrogen-bond acceptors (Lipinski definition) is 2. The zero-order chi connectivity index (χ0) is 5.86. The highest BCUT2D eigenvalue weighted by Gasteiger charge is 2.03. The molecule has 0 aromatic rings. The Morgan fingerprint density at radius 3 is 2.14 bits per heavy atom. The summed E-state index contributed by atoms with van der Waals surface area (Å²) in [6.45, 7) is 0. The molecule has 0 aliphatic carbocycles. The molecule has 0 saturated heterocycles. The van der Waals surface area contributed by atoms with Crippen molar-refractivity contribution < 1.29 is 4.20 Å². The summed E-state index contributed by atoms with van der Waals surface area (Å²) in [4.78, 5) is 0. The van der Waals surface area contributed by atoms with Gasteiger partial charge in [-0.05, 0) is 23.1 Å². The van der Waals surface area contributed by atoms with E-state index in [0.29, 0.717) is 0 Å². The van der Waals surface area contributed by atoms with Crippen molar-refractivity contribution in [3.05, 3.63) is 0 Å². The highest BCUT2D eigenvalue weighted by Crippen LogP contribution is 2.41. The van der Waals surface area contributed by atoms with Crippen molar-refractivity contribution in [2.24, 2.45) is 4.52 Å². The quantitative estimate of drug-likeness (QED) is 0.536. The van der Waals surface area contributed by atoms with E-state index in [9.17, 15) is 4.20 Å². The van der Waals surface area contributed by atoms with Crippen LogP contribution in [0.15, 0.2) is 4.52 Å². The average molecular weight is 140 g/mol. The third-order valence-corrected chi connectivity index (χ3v) is 1.73. The monoisotopic (exact) mass is 140 g/mol. The molecule has 0 aliphatic rings. The molecule has 0 fully saturated rings. The smallest absolute Gasteiger partial charge is 0.243 e. The summed E-state index contributed by atoms with van der Waals surface area (Å²) >= 11 is 0. The largest absolute Gasteiger partial charge is 0.287 e. The van der Waals surface area contributed by atoms with E-state index in [1.165, 1.54) is 4.67 Å². The van der Waals surface area contributed by atoms with Crippen molar-refractivity contribution in [2.75, 3.05) is 14.1 Å². The predicted molar refractivity (Wildman–Crippen MR) is 32.5 cm³/mol. The molecule has 0 radical (unpaired) electrons. The lowest BCUT2D eigenvalue weighted by molar-refractivity contribution is 0.626. The Morgan fingerprint density at radius 2 is 2.14 bits per heavy atom. The number of nitrogens with zero attached hydrogens (tertiary/aromatic N) is 2. The molecule has 0 N–H and O–H groups in total. The van der Waals surface area contributed by atoms with Crippen LogP contribution in [0.5, 0.6) is 0 Å². The Morgan fingerprint density at radius 1 is 1.71 bits per heavy atom. The predicted octanol–water partition coefficient (Wildman–Crippen LogP) is 2.07. The van der Waals surface area contributed by atoms with E-state index in [1.807, 2.05) is 0 Å². The lowest BCUT2D eigenvalue weighted by atomic mass is 11.3. The second-order valence-electron chi connectivity index (χ2n) is 1.19. The van der Waals surface area contributed by atoms with Gasteiger partial charge in [-0.25, -0.2) is 9.19 Å². The molecule has 0 rings (SSSR count). The first-order chi connectivity index (χ1) is 3.18. The first kappa shape index (κ1) is 7.42. The summed E-state index contributed by atoms with van der Waals surface area (Å²) < 4.78 is 16.7. The van der Waals surface area contributed by atoms with Crippen LogP contribution in [0.25, 0.3) is 0 Å². The molecule has 5 heteroatoms. The highest BCUT2D eigenvalue weighted by molar-refractivity contribution is 7.51. The minimum atomic E-state index is -1.77. The van der Waals surface area contributed by atoms with E-state index in [2.05, 4.69) is 13.5 Å². The molecule has 0 bridgehead atoms. The van der Waals surface area contributed by atoms with Gasteiger partial charge in [-0.15, -0.1) is 0 Å². The maximum absolute atomic E-state index is 12.0. The molecule has 42 valence electrons. The van der Waals surface area contributed by atoms with Crippen molar-refractivity contribution in [1.29, 1.82) is 0 Å². The fraction of sp³-hybridized carbons (Fsp3) is 1.00. The van der Waals surface area contributed by atoms with Crippen LogP contribution in [0.2, 0.25) is 0 Å². The molecule has 1 atom stereocenters. The summed E-state index contributed by atoms with van der Waals surface area (Å²) in [5.74, 6) is 0. The Hall–Kier alpha value is 0.420. The summed E-state index contributed by atoms with van der Waals surface area (Å²) in [6.07, 6.45) is 0. The zero-order valence-corrected chi connectivity index (χ0v) is 6.11. The van der Waals surface area contributed by atoms with Crippen LogP contribution >= 0.6 is 17.6 Å². The number of halogens is 1. The second kappa shape index (κ2) is 3.43. The van der Waals surface area contributed by atoms with E-state index in [0.717, 1.165) is 0 Å². The van der Waals surface area contributed by atoms with Gasteiger partial charge in [0.2, 0.25) is 0 Å². The number of rotatable bonds is 2. The van der Waals surface area contributed by atoms with E-state index < -0.39 is 8.53 Å². The van der Waals surface area contributed by atoms with Crippen LogP contribution in [0.3, 0.4) is 0 Å². The minimum absolute atomic E-state index is 1.41. The lowest BCUT2D eigenvalue weighted by Crippen LogP contribution is -1.97. The molecule has 7 heavy (non-hydrogen) atoms. The lowest BCUT2D eigenvalue weighted by Gasteiger charge is -2.06. The molecule has 0 saturated carbocycles. The summed E-state index contributed by atoms with van der Waals surface area (Å²) in [6, 6.07) is 0. The van der Waals surface area contributed by atoms with Crippen LogP contribution < -0.4 is 0 Å². The Bertz CT molecular complexity index is 66.7. The zero-order valence-electron chi connectivity index (χ0n) is 4.22. The molecule has 1 unspecified atom stereocenters. The second-order valence-corrected chi connectivity index (χ2v) is 3.27. The first-order valence-electron chi connectivity index (χ1n) is 1.69. The van der Waals surface area contributed by atoms with Gasteiger partial charge in [-0.2, -0.15) is 4.20 Å². The molecular weight excluding hydrogens is 133 g/mol. The molecular formula is C2H7FN2P2. The van der Waals surface area contributed by atoms with Gasteiger partial charge < -0.3 is 0 Å². The van der Waals surface area contributed by atoms with Gasteiger partial charge in [-0.1, -0.05) is 0 Å². The third-order valence-electron chi connectivity index (χ3n) is 0.413. The van der Waals surface area contributed by atoms with Crippen molar-refractivity contribution in [2.45, 2.75) is 0 Å². The Balaban J connectivity index is 3.33. The molecule has 0 aliphatic heterocycles. The van der Waals surface area contributed by atoms with Gasteiger partial charge in [-0.3, -0.25) is 0 Å². The van der Waals surface area contributed by atoms with Gasteiger partial charge in [0.25, 0.3) is 8.53 Å². The Kier molecular flexibility index (Phi) is 3.63. The normalized spacial score (nSPS) is 14.3. The molecule has 0 heterocycles.